The van der Waals surface area contributed by atoms with Gasteiger partial charge in [0.2, 0.25) is 5.91 Å². The van der Waals surface area contributed by atoms with Crippen LogP contribution < -0.4 is 11.1 Å². The number of ether oxygens (including phenoxy) is 1. The number of carbonyl (C=O) groups excluding carboxylic acids is 1. The summed E-state index contributed by atoms with van der Waals surface area (Å²) in [6.45, 7) is 0.596. The van der Waals surface area contributed by atoms with Crippen LogP contribution in [0.4, 0.5) is 15.8 Å². The minimum Gasteiger partial charge on any atom is -0.397 e. The van der Waals surface area contributed by atoms with E-state index in [2.05, 4.69) is 5.32 Å². The highest BCUT2D eigenvalue weighted by atomic mass is 19.1. The SMILES string of the molecule is Nc1ccc(F)cc1NC(=O)COCC1CCCCC1. The third kappa shape index (κ3) is 4.49. The summed E-state index contributed by atoms with van der Waals surface area (Å²) >= 11 is 0. The van der Waals surface area contributed by atoms with E-state index in [1.54, 1.807) is 0 Å². The lowest BCUT2D eigenvalue weighted by Crippen LogP contribution is -2.22. The van der Waals surface area contributed by atoms with Gasteiger partial charge in [-0.1, -0.05) is 19.3 Å². The van der Waals surface area contributed by atoms with Gasteiger partial charge in [0.25, 0.3) is 0 Å². The van der Waals surface area contributed by atoms with Crippen molar-refractivity contribution >= 4 is 17.3 Å². The fraction of sp³-hybridized carbons (Fsp3) is 0.533. The Morgan fingerprint density at radius 3 is 2.85 bits per heavy atom. The van der Waals surface area contributed by atoms with E-state index in [0.29, 0.717) is 18.2 Å². The van der Waals surface area contributed by atoms with Crippen molar-refractivity contribution in [1.82, 2.24) is 0 Å². The third-order valence-electron chi connectivity index (χ3n) is 3.60. The number of anilines is 2. The number of nitrogens with one attached hydrogen (secondary N) is 1. The van der Waals surface area contributed by atoms with Crippen molar-refractivity contribution in [2.24, 2.45) is 5.92 Å². The highest BCUT2D eigenvalue weighted by Gasteiger charge is 2.14. The van der Waals surface area contributed by atoms with Crippen LogP contribution in [0, 0.1) is 11.7 Å². The maximum absolute atomic E-state index is 13.1. The molecule has 20 heavy (non-hydrogen) atoms. The van der Waals surface area contributed by atoms with Crippen molar-refractivity contribution in [3.63, 3.8) is 0 Å². The van der Waals surface area contributed by atoms with E-state index in [-0.39, 0.29) is 18.2 Å². The molecule has 4 nitrogen and oxygen atoms in total. The number of hydrogen-bond donors (Lipinski definition) is 2. The quantitative estimate of drug-likeness (QED) is 0.815. The summed E-state index contributed by atoms with van der Waals surface area (Å²) < 4.78 is 18.5. The topological polar surface area (TPSA) is 64.3 Å². The summed E-state index contributed by atoms with van der Waals surface area (Å²) in [4.78, 5) is 11.7. The van der Waals surface area contributed by atoms with Gasteiger partial charge in [0.15, 0.2) is 0 Å². The molecule has 1 amide bonds. The molecule has 1 aromatic carbocycles. The monoisotopic (exact) mass is 280 g/mol. The van der Waals surface area contributed by atoms with Crippen molar-refractivity contribution < 1.29 is 13.9 Å². The average Bonchev–Trinajstić information content (AvgIpc) is 2.44. The van der Waals surface area contributed by atoms with E-state index in [1.165, 1.54) is 50.3 Å². The Balaban J connectivity index is 1.73. The molecule has 0 atom stereocenters. The number of benzene rings is 1. The van der Waals surface area contributed by atoms with Crippen LogP contribution in [-0.2, 0) is 9.53 Å². The molecule has 1 aliphatic carbocycles. The minimum atomic E-state index is -0.433. The summed E-state index contributed by atoms with van der Waals surface area (Å²) in [7, 11) is 0. The highest BCUT2D eigenvalue weighted by molar-refractivity contribution is 5.94. The zero-order valence-corrected chi connectivity index (χ0v) is 11.5. The zero-order chi connectivity index (χ0) is 14.4. The van der Waals surface area contributed by atoms with E-state index in [4.69, 9.17) is 10.5 Å². The molecule has 2 rings (SSSR count). The van der Waals surface area contributed by atoms with E-state index in [9.17, 15) is 9.18 Å². The Bertz CT molecular complexity index is 459. The van der Waals surface area contributed by atoms with Crippen LogP contribution in [-0.4, -0.2) is 19.1 Å². The Hall–Kier alpha value is -1.62. The van der Waals surface area contributed by atoms with Gasteiger partial charge in [-0.25, -0.2) is 4.39 Å². The lowest BCUT2D eigenvalue weighted by Gasteiger charge is -2.21. The predicted octanol–water partition coefficient (Wildman–Crippen LogP) is 2.94. The first-order valence-electron chi connectivity index (χ1n) is 7.08. The van der Waals surface area contributed by atoms with Crippen molar-refractivity contribution in [3.05, 3.63) is 24.0 Å². The van der Waals surface area contributed by atoms with Gasteiger partial charge in [0.1, 0.15) is 12.4 Å². The summed E-state index contributed by atoms with van der Waals surface area (Å²) in [5, 5.41) is 2.56. The zero-order valence-electron chi connectivity index (χ0n) is 11.5. The van der Waals surface area contributed by atoms with E-state index in [0.717, 1.165) is 0 Å². The van der Waals surface area contributed by atoms with Gasteiger partial charge < -0.3 is 15.8 Å². The standard InChI is InChI=1S/C15H21FN2O2/c16-12-6-7-13(17)14(8-12)18-15(19)10-20-9-11-4-2-1-3-5-11/h6-8,11H,1-5,9-10,17H2,(H,18,19). The van der Waals surface area contributed by atoms with Crippen molar-refractivity contribution in [3.8, 4) is 0 Å². The first-order chi connectivity index (χ1) is 9.65. The summed E-state index contributed by atoms with van der Waals surface area (Å²) in [6.07, 6.45) is 6.16. The van der Waals surface area contributed by atoms with Crippen LogP contribution >= 0.6 is 0 Å². The van der Waals surface area contributed by atoms with Gasteiger partial charge in [0, 0.05) is 0 Å². The fourth-order valence-electron chi connectivity index (χ4n) is 2.50. The van der Waals surface area contributed by atoms with Crippen LogP contribution in [0.2, 0.25) is 0 Å². The molecule has 110 valence electrons. The second kappa shape index (κ2) is 7.24. The molecule has 0 heterocycles. The number of halogens is 1. The van der Waals surface area contributed by atoms with Crippen LogP contribution in [0.1, 0.15) is 32.1 Å². The van der Waals surface area contributed by atoms with Crippen LogP contribution in [0.25, 0.3) is 0 Å². The number of rotatable bonds is 5. The van der Waals surface area contributed by atoms with Gasteiger partial charge in [-0.2, -0.15) is 0 Å². The number of amides is 1. The lowest BCUT2D eigenvalue weighted by molar-refractivity contribution is -0.121. The van der Waals surface area contributed by atoms with Crippen molar-refractivity contribution in [2.75, 3.05) is 24.3 Å². The Kier molecular flexibility index (Phi) is 5.35. The largest absolute Gasteiger partial charge is 0.397 e. The third-order valence-corrected chi connectivity index (χ3v) is 3.60. The molecule has 0 saturated heterocycles. The van der Waals surface area contributed by atoms with Gasteiger partial charge in [-0.3, -0.25) is 4.79 Å². The average molecular weight is 280 g/mol. The number of nitrogens with two attached hydrogens (primary N) is 1. The molecular weight excluding hydrogens is 259 g/mol. The van der Waals surface area contributed by atoms with Crippen LogP contribution in [0.5, 0.6) is 0 Å². The van der Waals surface area contributed by atoms with Gasteiger partial charge in [-0.05, 0) is 37.0 Å². The maximum atomic E-state index is 13.1. The Morgan fingerprint density at radius 1 is 1.35 bits per heavy atom. The number of nitrogen functional groups attached to an aromatic ring is 1. The first kappa shape index (κ1) is 14.8. The number of hydrogen-bond acceptors (Lipinski definition) is 3. The molecule has 3 N–H and O–H groups in total. The molecule has 0 bridgehead atoms. The number of carbonyl (C=O) groups is 1. The molecule has 1 saturated carbocycles. The normalized spacial score (nSPS) is 16.1. The minimum absolute atomic E-state index is 0.0214. The van der Waals surface area contributed by atoms with Crippen LogP contribution in [0.3, 0.4) is 0 Å². The van der Waals surface area contributed by atoms with Crippen LogP contribution in [0.15, 0.2) is 18.2 Å². The van der Waals surface area contributed by atoms with Gasteiger partial charge in [-0.15, -0.1) is 0 Å². The Morgan fingerprint density at radius 2 is 2.10 bits per heavy atom. The lowest BCUT2D eigenvalue weighted by atomic mass is 9.90. The summed E-state index contributed by atoms with van der Waals surface area (Å²) in [5.41, 5.74) is 6.29. The molecule has 0 unspecified atom stereocenters. The molecule has 1 fully saturated rings. The molecule has 1 aromatic rings. The fourth-order valence-corrected chi connectivity index (χ4v) is 2.50. The molecule has 5 heteroatoms. The predicted molar refractivity (Wildman–Crippen MR) is 76.8 cm³/mol. The Labute approximate surface area is 118 Å². The molecule has 0 aromatic heterocycles. The second-order valence-electron chi connectivity index (χ2n) is 5.30. The van der Waals surface area contributed by atoms with Gasteiger partial charge >= 0.3 is 0 Å². The summed E-state index contributed by atoms with van der Waals surface area (Å²) in [5.74, 6) is -0.175. The first-order valence-corrected chi connectivity index (χ1v) is 7.08. The van der Waals surface area contributed by atoms with E-state index >= 15 is 0 Å². The molecule has 0 aliphatic heterocycles. The van der Waals surface area contributed by atoms with Crippen molar-refractivity contribution in [1.29, 1.82) is 0 Å². The smallest absolute Gasteiger partial charge is 0.250 e. The maximum Gasteiger partial charge on any atom is 0.250 e. The molecular formula is C15H21FN2O2. The molecule has 0 spiro atoms. The van der Waals surface area contributed by atoms with Crippen molar-refractivity contribution in [2.45, 2.75) is 32.1 Å². The highest BCUT2D eigenvalue weighted by Crippen LogP contribution is 2.23. The summed E-state index contributed by atoms with van der Waals surface area (Å²) in [6, 6.07) is 3.88. The van der Waals surface area contributed by atoms with E-state index in [1.807, 2.05) is 0 Å². The molecule has 1 aliphatic rings. The van der Waals surface area contributed by atoms with E-state index < -0.39 is 5.82 Å². The molecule has 0 radical (unpaired) electrons. The van der Waals surface area contributed by atoms with Gasteiger partial charge in [0.05, 0.1) is 18.0 Å². The second-order valence-corrected chi connectivity index (χ2v) is 5.30.